The molecule has 1 aromatic heterocycles. The molecule has 0 N–H and O–H groups in total. The first-order valence-corrected chi connectivity index (χ1v) is 8.74. The topological polar surface area (TPSA) is 38.1 Å². The molecule has 1 aliphatic heterocycles. The van der Waals surface area contributed by atoms with Crippen molar-refractivity contribution in [3.63, 3.8) is 0 Å². The Kier molecular flexibility index (Phi) is 4.10. The number of hydrogen-bond donors (Lipinski definition) is 0. The Hall–Kier alpha value is -2.88. The lowest BCUT2D eigenvalue weighted by molar-refractivity contribution is 0.0793. The fourth-order valence-electron chi connectivity index (χ4n) is 3.26. The molecule has 25 heavy (non-hydrogen) atoms. The van der Waals surface area contributed by atoms with Crippen LogP contribution in [0.4, 0.5) is 0 Å². The van der Waals surface area contributed by atoms with Gasteiger partial charge in [-0.1, -0.05) is 48.0 Å². The summed E-state index contributed by atoms with van der Waals surface area (Å²) in [5.74, 6) is 0.0784. The maximum Gasteiger partial charge on any atom is 0.257 e. The zero-order chi connectivity index (χ0) is 17.2. The van der Waals surface area contributed by atoms with Crippen LogP contribution in [0.15, 0.2) is 60.8 Å². The molecule has 0 aliphatic carbocycles. The molecule has 3 aromatic rings. The zero-order valence-electron chi connectivity index (χ0n) is 14.4. The summed E-state index contributed by atoms with van der Waals surface area (Å²) in [5.41, 5.74) is 4.55. The fourth-order valence-corrected chi connectivity index (χ4v) is 3.26. The Labute approximate surface area is 147 Å². The number of carbonyl (C=O) groups is 1. The Morgan fingerprint density at radius 2 is 1.64 bits per heavy atom. The van der Waals surface area contributed by atoms with Crippen molar-refractivity contribution in [2.75, 3.05) is 13.1 Å². The first-order valence-electron chi connectivity index (χ1n) is 8.74. The van der Waals surface area contributed by atoms with Crippen molar-refractivity contribution in [2.24, 2.45) is 0 Å². The Morgan fingerprint density at radius 1 is 0.960 bits per heavy atom. The molecule has 0 unspecified atom stereocenters. The van der Waals surface area contributed by atoms with Gasteiger partial charge >= 0.3 is 0 Å². The summed E-state index contributed by atoms with van der Waals surface area (Å²) >= 11 is 0. The van der Waals surface area contributed by atoms with Gasteiger partial charge in [0.05, 0.1) is 11.3 Å². The van der Waals surface area contributed by atoms with Crippen LogP contribution in [-0.2, 0) is 0 Å². The standard InChI is InChI=1S/C21H21N3O/c1-16-9-11-18(12-10-16)24-15-19(21(25)23-13-5-6-14-23)20(22-24)17-7-3-2-4-8-17/h2-4,7-12,15H,5-6,13-14H2,1H3. The molecule has 0 radical (unpaired) electrons. The van der Waals surface area contributed by atoms with E-state index in [1.165, 1.54) is 5.56 Å². The number of carbonyl (C=O) groups excluding carboxylic acids is 1. The van der Waals surface area contributed by atoms with Gasteiger partial charge in [0.15, 0.2) is 0 Å². The average molecular weight is 331 g/mol. The van der Waals surface area contributed by atoms with E-state index in [-0.39, 0.29) is 5.91 Å². The molecule has 0 saturated carbocycles. The molecule has 4 heteroatoms. The van der Waals surface area contributed by atoms with Crippen molar-refractivity contribution in [2.45, 2.75) is 19.8 Å². The second-order valence-corrected chi connectivity index (χ2v) is 6.54. The average Bonchev–Trinajstić information content (AvgIpc) is 3.33. The summed E-state index contributed by atoms with van der Waals surface area (Å²) in [7, 11) is 0. The van der Waals surface area contributed by atoms with Crippen molar-refractivity contribution >= 4 is 5.91 Å². The molecule has 0 atom stereocenters. The Bertz CT molecular complexity index is 875. The van der Waals surface area contributed by atoms with Crippen LogP contribution >= 0.6 is 0 Å². The van der Waals surface area contributed by atoms with E-state index in [2.05, 4.69) is 19.1 Å². The first-order chi connectivity index (χ1) is 12.2. The molecule has 0 spiro atoms. The van der Waals surface area contributed by atoms with Crippen LogP contribution in [0.5, 0.6) is 0 Å². The van der Waals surface area contributed by atoms with Crippen molar-refractivity contribution < 1.29 is 4.79 Å². The minimum Gasteiger partial charge on any atom is -0.339 e. The SMILES string of the molecule is Cc1ccc(-n2cc(C(=O)N3CCCC3)c(-c3ccccc3)n2)cc1. The highest BCUT2D eigenvalue weighted by Gasteiger charge is 2.25. The van der Waals surface area contributed by atoms with Gasteiger partial charge in [-0.15, -0.1) is 0 Å². The maximum atomic E-state index is 13.0. The maximum absolute atomic E-state index is 13.0. The van der Waals surface area contributed by atoms with Gasteiger partial charge in [0.25, 0.3) is 5.91 Å². The van der Waals surface area contributed by atoms with Crippen LogP contribution in [-0.4, -0.2) is 33.7 Å². The van der Waals surface area contributed by atoms with E-state index in [1.807, 2.05) is 58.2 Å². The normalized spacial score (nSPS) is 14.0. The Morgan fingerprint density at radius 3 is 2.32 bits per heavy atom. The van der Waals surface area contributed by atoms with Crippen molar-refractivity contribution in [3.8, 4) is 16.9 Å². The number of aryl methyl sites for hydroxylation is 1. The molecule has 0 bridgehead atoms. The second kappa shape index (κ2) is 6.55. The number of benzene rings is 2. The molecule has 2 heterocycles. The second-order valence-electron chi connectivity index (χ2n) is 6.54. The van der Waals surface area contributed by atoms with Crippen LogP contribution in [0, 0.1) is 6.92 Å². The van der Waals surface area contributed by atoms with Gasteiger partial charge in [-0.05, 0) is 31.9 Å². The molecule has 1 saturated heterocycles. The van der Waals surface area contributed by atoms with E-state index >= 15 is 0 Å². The number of hydrogen-bond acceptors (Lipinski definition) is 2. The largest absolute Gasteiger partial charge is 0.339 e. The molecule has 2 aromatic carbocycles. The Balaban J connectivity index is 1.80. The summed E-state index contributed by atoms with van der Waals surface area (Å²) < 4.78 is 1.81. The number of aromatic nitrogens is 2. The van der Waals surface area contributed by atoms with Crippen molar-refractivity contribution in [1.29, 1.82) is 0 Å². The molecule has 1 fully saturated rings. The van der Waals surface area contributed by atoms with Crippen LogP contribution in [0.1, 0.15) is 28.8 Å². The van der Waals surface area contributed by atoms with Gasteiger partial charge in [0.2, 0.25) is 0 Å². The summed E-state index contributed by atoms with van der Waals surface area (Å²) in [6, 6.07) is 18.1. The highest BCUT2D eigenvalue weighted by atomic mass is 16.2. The fraction of sp³-hybridized carbons (Fsp3) is 0.238. The monoisotopic (exact) mass is 331 g/mol. The van der Waals surface area contributed by atoms with Crippen LogP contribution in [0.2, 0.25) is 0 Å². The minimum absolute atomic E-state index is 0.0784. The lowest BCUT2D eigenvalue weighted by Crippen LogP contribution is -2.27. The van der Waals surface area contributed by atoms with Crippen molar-refractivity contribution in [1.82, 2.24) is 14.7 Å². The van der Waals surface area contributed by atoms with E-state index in [0.29, 0.717) is 5.56 Å². The van der Waals surface area contributed by atoms with Gasteiger partial charge in [0, 0.05) is 24.8 Å². The molecular formula is C21H21N3O. The molecule has 126 valence electrons. The lowest BCUT2D eigenvalue weighted by atomic mass is 10.1. The summed E-state index contributed by atoms with van der Waals surface area (Å²) in [4.78, 5) is 14.9. The van der Waals surface area contributed by atoms with E-state index in [0.717, 1.165) is 42.9 Å². The highest BCUT2D eigenvalue weighted by molar-refractivity contribution is 6.00. The summed E-state index contributed by atoms with van der Waals surface area (Å²) in [5, 5.41) is 4.74. The molecule has 4 rings (SSSR count). The first kappa shape index (κ1) is 15.6. The zero-order valence-corrected chi connectivity index (χ0v) is 14.4. The van der Waals surface area contributed by atoms with Crippen molar-refractivity contribution in [3.05, 3.63) is 71.9 Å². The van der Waals surface area contributed by atoms with Gasteiger partial charge in [-0.3, -0.25) is 4.79 Å². The molecule has 4 nitrogen and oxygen atoms in total. The highest BCUT2D eigenvalue weighted by Crippen LogP contribution is 2.26. The van der Waals surface area contributed by atoms with Crippen LogP contribution in [0.3, 0.4) is 0 Å². The quantitative estimate of drug-likeness (QED) is 0.725. The number of likely N-dealkylation sites (tertiary alicyclic amines) is 1. The van der Waals surface area contributed by atoms with Gasteiger partial charge in [-0.2, -0.15) is 5.10 Å². The van der Waals surface area contributed by atoms with Gasteiger partial charge in [-0.25, -0.2) is 4.68 Å². The van der Waals surface area contributed by atoms with E-state index in [4.69, 9.17) is 5.10 Å². The van der Waals surface area contributed by atoms with Gasteiger partial charge in [0.1, 0.15) is 5.69 Å². The molecule has 1 amide bonds. The van der Waals surface area contributed by atoms with E-state index in [9.17, 15) is 4.79 Å². The number of nitrogens with zero attached hydrogens (tertiary/aromatic N) is 3. The predicted molar refractivity (Wildman–Crippen MR) is 98.9 cm³/mol. The van der Waals surface area contributed by atoms with Crippen LogP contribution in [0.25, 0.3) is 16.9 Å². The van der Waals surface area contributed by atoms with Gasteiger partial charge < -0.3 is 4.90 Å². The summed E-state index contributed by atoms with van der Waals surface area (Å²) in [6.07, 6.45) is 4.03. The third-order valence-electron chi connectivity index (χ3n) is 4.68. The van der Waals surface area contributed by atoms with E-state index in [1.54, 1.807) is 0 Å². The van der Waals surface area contributed by atoms with Crippen LogP contribution < -0.4 is 0 Å². The molecule has 1 aliphatic rings. The molecular weight excluding hydrogens is 310 g/mol. The number of rotatable bonds is 3. The smallest absolute Gasteiger partial charge is 0.257 e. The van der Waals surface area contributed by atoms with E-state index < -0.39 is 0 Å². The summed E-state index contributed by atoms with van der Waals surface area (Å²) in [6.45, 7) is 3.73. The minimum atomic E-state index is 0.0784. The third-order valence-corrected chi connectivity index (χ3v) is 4.68. The lowest BCUT2D eigenvalue weighted by Gasteiger charge is -2.14. The third kappa shape index (κ3) is 3.07. The predicted octanol–water partition coefficient (Wildman–Crippen LogP) is 4.08. The number of amides is 1.